The van der Waals surface area contributed by atoms with E-state index in [0.717, 1.165) is 5.57 Å². The average molecular weight is 313 g/mol. The van der Waals surface area contributed by atoms with Crippen LogP contribution in [0.25, 0.3) is 0 Å². The predicted octanol–water partition coefficient (Wildman–Crippen LogP) is 3.13. The van der Waals surface area contributed by atoms with Crippen LogP contribution in [-0.2, 0) is 14.0 Å². The molecule has 2 rings (SSSR count). The maximum absolute atomic E-state index is 11.8. The van der Waals surface area contributed by atoms with Gasteiger partial charge in [0.15, 0.2) is 17.6 Å². The fourth-order valence-electron chi connectivity index (χ4n) is 1.88. The van der Waals surface area contributed by atoms with E-state index in [1.54, 1.807) is 13.8 Å². The fourth-order valence-corrected chi connectivity index (χ4v) is 2.47. The first kappa shape index (κ1) is 16.1. The third-order valence-electron chi connectivity index (χ3n) is 3.09. The third-order valence-corrected chi connectivity index (χ3v) is 4.20. The first-order chi connectivity index (χ1) is 9.89. The van der Waals surface area contributed by atoms with Gasteiger partial charge in [0.05, 0.1) is 22.0 Å². The second-order valence-electron chi connectivity index (χ2n) is 5.20. The van der Waals surface area contributed by atoms with Crippen molar-refractivity contribution in [1.29, 1.82) is 0 Å². The molecule has 1 aromatic heterocycles. The predicted molar refractivity (Wildman–Crippen MR) is 78.5 cm³/mol. The molecule has 0 aliphatic carbocycles. The average Bonchev–Trinajstić information content (AvgIpc) is 3.04. The summed E-state index contributed by atoms with van der Waals surface area (Å²) >= 11 is 0. The lowest BCUT2D eigenvalue weighted by molar-refractivity contribution is -0.00494. The largest absolute Gasteiger partial charge is 0.461 e. The van der Waals surface area contributed by atoms with Crippen molar-refractivity contribution in [1.82, 2.24) is 5.16 Å². The number of esters is 1. The number of rotatable bonds is 7. The SMILES string of the molecule is C=C(C)COC(c1onc(C(=O)OCC)c1C)C1(C)OP1. The van der Waals surface area contributed by atoms with Crippen molar-refractivity contribution < 1.29 is 23.3 Å². The summed E-state index contributed by atoms with van der Waals surface area (Å²) in [6, 6.07) is 0. The van der Waals surface area contributed by atoms with E-state index >= 15 is 0 Å². The smallest absolute Gasteiger partial charge is 0.360 e. The molecule has 6 nitrogen and oxygen atoms in total. The molecule has 21 heavy (non-hydrogen) atoms. The summed E-state index contributed by atoms with van der Waals surface area (Å²) < 4.78 is 21.6. The zero-order valence-corrected chi connectivity index (χ0v) is 13.7. The Morgan fingerprint density at radius 3 is 2.76 bits per heavy atom. The van der Waals surface area contributed by atoms with Crippen molar-refractivity contribution in [3.8, 4) is 0 Å². The molecule has 7 heteroatoms. The molecular formula is C14H20NO5P. The lowest BCUT2D eigenvalue weighted by Gasteiger charge is -2.19. The fraction of sp³-hybridized carbons (Fsp3) is 0.571. The second-order valence-corrected chi connectivity index (χ2v) is 6.60. The highest BCUT2D eigenvalue weighted by molar-refractivity contribution is 7.41. The van der Waals surface area contributed by atoms with Crippen LogP contribution in [0.5, 0.6) is 0 Å². The molecule has 0 amide bonds. The molecule has 0 radical (unpaired) electrons. The highest BCUT2D eigenvalue weighted by atomic mass is 31.1. The van der Waals surface area contributed by atoms with Crippen LogP contribution in [0.1, 0.15) is 48.7 Å². The Kier molecular flexibility index (Phi) is 4.81. The van der Waals surface area contributed by atoms with E-state index in [9.17, 15) is 4.79 Å². The van der Waals surface area contributed by atoms with Gasteiger partial charge in [-0.2, -0.15) is 0 Å². The van der Waals surface area contributed by atoms with Gasteiger partial charge in [-0.25, -0.2) is 4.79 Å². The summed E-state index contributed by atoms with van der Waals surface area (Å²) in [5, 5.41) is 3.39. The Bertz CT molecular complexity index is 550. The molecule has 3 unspecified atom stereocenters. The zero-order valence-electron chi connectivity index (χ0n) is 12.7. The summed E-state index contributed by atoms with van der Waals surface area (Å²) in [6.07, 6.45) is -0.414. The van der Waals surface area contributed by atoms with E-state index in [0.29, 0.717) is 26.7 Å². The van der Waals surface area contributed by atoms with Gasteiger partial charge in [0, 0.05) is 5.56 Å². The second kappa shape index (κ2) is 6.26. The first-order valence-electron chi connectivity index (χ1n) is 6.73. The number of nitrogens with zero attached hydrogens (tertiary/aromatic N) is 1. The number of aromatic nitrogens is 1. The first-order valence-corrected chi connectivity index (χ1v) is 7.64. The normalized spacial score (nSPS) is 23.0. The molecule has 1 aromatic rings. The van der Waals surface area contributed by atoms with Crippen molar-refractivity contribution in [3.63, 3.8) is 0 Å². The van der Waals surface area contributed by atoms with Crippen LogP contribution in [0.4, 0.5) is 0 Å². The molecule has 3 atom stereocenters. The highest BCUT2D eigenvalue weighted by Crippen LogP contribution is 2.62. The molecule has 116 valence electrons. The topological polar surface area (TPSA) is 74.1 Å². The Morgan fingerprint density at radius 1 is 1.57 bits per heavy atom. The van der Waals surface area contributed by atoms with Gasteiger partial charge in [0.1, 0.15) is 5.34 Å². The molecule has 0 aromatic carbocycles. The number of ether oxygens (including phenoxy) is 2. The van der Waals surface area contributed by atoms with Crippen molar-refractivity contribution in [2.75, 3.05) is 13.2 Å². The van der Waals surface area contributed by atoms with E-state index in [1.807, 2.05) is 13.8 Å². The Morgan fingerprint density at radius 2 is 2.24 bits per heavy atom. The van der Waals surface area contributed by atoms with Crippen molar-refractivity contribution in [2.24, 2.45) is 0 Å². The van der Waals surface area contributed by atoms with Crippen molar-refractivity contribution >= 4 is 14.8 Å². The summed E-state index contributed by atoms with van der Waals surface area (Å²) in [7, 11) is 0.328. The molecule has 0 bridgehead atoms. The van der Waals surface area contributed by atoms with Crippen molar-refractivity contribution in [2.45, 2.75) is 39.1 Å². The molecule has 0 spiro atoms. The van der Waals surface area contributed by atoms with Crippen LogP contribution in [0, 0.1) is 6.92 Å². The monoisotopic (exact) mass is 313 g/mol. The van der Waals surface area contributed by atoms with E-state index in [2.05, 4.69) is 11.7 Å². The molecule has 1 aliphatic heterocycles. The quantitative estimate of drug-likeness (QED) is 0.333. The van der Waals surface area contributed by atoms with Gasteiger partial charge >= 0.3 is 5.97 Å². The lowest BCUT2D eigenvalue weighted by atomic mass is 10.1. The molecule has 0 N–H and O–H groups in total. The molecular weight excluding hydrogens is 293 g/mol. The maximum atomic E-state index is 11.8. The third kappa shape index (κ3) is 3.51. The van der Waals surface area contributed by atoms with Crippen LogP contribution < -0.4 is 0 Å². The van der Waals surface area contributed by atoms with Crippen molar-refractivity contribution in [3.05, 3.63) is 29.2 Å². The number of carbonyl (C=O) groups excluding carboxylic acids is 1. The molecule has 1 saturated heterocycles. The molecule has 1 aliphatic rings. The number of carbonyl (C=O) groups is 1. The Labute approximate surface area is 125 Å². The van der Waals surface area contributed by atoms with Gasteiger partial charge in [-0.05, 0) is 27.7 Å². The minimum atomic E-state index is -0.493. The number of hydrogen-bond acceptors (Lipinski definition) is 6. The van der Waals surface area contributed by atoms with Crippen LogP contribution in [0.3, 0.4) is 0 Å². The van der Waals surface area contributed by atoms with Gasteiger partial charge < -0.3 is 18.5 Å². The molecule has 0 saturated carbocycles. The van der Waals surface area contributed by atoms with Crippen LogP contribution in [-0.4, -0.2) is 29.7 Å². The Balaban J connectivity index is 2.24. The van der Waals surface area contributed by atoms with Crippen LogP contribution >= 0.6 is 8.81 Å². The minimum Gasteiger partial charge on any atom is -0.461 e. The summed E-state index contributed by atoms with van der Waals surface area (Å²) in [4.78, 5) is 11.8. The van der Waals surface area contributed by atoms with E-state index in [1.165, 1.54) is 0 Å². The lowest BCUT2D eigenvalue weighted by Crippen LogP contribution is -2.21. The van der Waals surface area contributed by atoms with Crippen LogP contribution in [0.2, 0.25) is 0 Å². The van der Waals surface area contributed by atoms with Gasteiger partial charge in [-0.1, -0.05) is 17.3 Å². The summed E-state index contributed by atoms with van der Waals surface area (Å²) in [5.41, 5.74) is 1.71. The molecule has 1 fully saturated rings. The zero-order chi connectivity index (χ0) is 15.6. The maximum Gasteiger partial charge on any atom is 0.360 e. The highest BCUT2D eigenvalue weighted by Gasteiger charge is 2.52. The van der Waals surface area contributed by atoms with E-state index in [-0.39, 0.29) is 12.3 Å². The Hall–Kier alpha value is -1.23. The van der Waals surface area contributed by atoms with Gasteiger partial charge in [-0.15, -0.1) is 0 Å². The standard InChI is InChI=1S/C14H20NO5P/c1-6-17-13(16)10-9(4)11(19-15-10)12(14(5)20-21-14)18-7-8(2)3/h12,21H,2,6-7H2,1,3-5H3. The van der Waals surface area contributed by atoms with E-state index < -0.39 is 17.4 Å². The number of hydrogen-bond donors (Lipinski definition) is 0. The summed E-state index contributed by atoms with van der Waals surface area (Å²) in [5.74, 6) is 0.0137. The van der Waals surface area contributed by atoms with Gasteiger partial charge in [-0.3, -0.25) is 0 Å². The minimum absolute atomic E-state index is 0.184. The van der Waals surface area contributed by atoms with Gasteiger partial charge in [0.25, 0.3) is 0 Å². The van der Waals surface area contributed by atoms with E-state index in [4.69, 9.17) is 18.5 Å². The molecule has 2 heterocycles. The summed E-state index contributed by atoms with van der Waals surface area (Å²) in [6.45, 7) is 11.8. The van der Waals surface area contributed by atoms with Gasteiger partial charge in [0.2, 0.25) is 0 Å². The van der Waals surface area contributed by atoms with Crippen LogP contribution in [0.15, 0.2) is 16.7 Å².